The highest BCUT2D eigenvalue weighted by Gasteiger charge is 2.45. The third-order valence-electron chi connectivity index (χ3n) is 7.54. The zero-order valence-corrected chi connectivity index (χ0v) is 24.2. The zero-order chi connectivity index (χ0) is 27.9. The van der Waals surface area contributed by atoms with Gasteiger partial charge in [0, 0.05) is 54.4 Å². The van der Waals surface area contributed by atoms with Crippen molar-refractivity contribution in [3.05, 3.63) is 81.0 Å². The van der Waals surface area contributed by atoms with Gasteiger partial charge >= 0.3 is 11.9 Å². The maximum atomic E-state index is 13.4. The van der Waals surface area contributed by atoms with Gasteiger partial charge in [-0.15, -0.1) is 0 Å². The van der Waals surface area contributed by atoms with E-state index < -0.39 is 23.8 Å². The molecule has 2 aliphatic rings. The SMILES string of the molecule is COC(=O)C1=C(CCc2ccccc2)N=C(CCN2CCN(C)CC2)C(C(=O)OC)C1c1c(Cl)cccc1Cl. The first-order valence-electron chi connectivity index (χ1n) is 13.2. The molecule has 9 heteroatoms. The van der Waals surface area contributed by atoms with Crippen molar-refractivity contribution in [3.63, 3.8) is 0 Å². The quantitative estimate of drug-likeness (QED) is 0.393. The lowest BCUT2D eigenvalue weighted by molar-refractivity contribution is -0.143. The molecule has 0 N–H and O–H groups in total. The van der Waals surface area contributed by atoms with Gasteiger partial charge in [0.2, 0.25) is 0 Å². The van der Waals surface area contributed by atoms with E-state index in [2.05, 4.69) is 16.8 Å². The number of piperazine rings is 1. The summed E-state index contributed by atoms with van der Waals surface area (Å²) in [5, 5.41) is 0.732. The number of aryl methyl sites for hydroxylation is 1. The number of ether oxygens (including phenoxy) is 2. The van der Waals surface area contributed by atoms with E-state index in [0.29, 0.717) is 51.9 Å². The minimum absolute atomic E-state index is 0.294. The summed E-state index contributed by atoms with van der Waals surface area (Å²) in [6, 6.07) is 15.2. The van der Waals surface area contributed by atoms with Crippen LogP contribution in [0.3, 0.4) is 0 Å². The Balaban J connectivity index is 1.82. The minimum atomic E-state index is -0.866. The predicted molar refractivity (Wildman–Crippen MR) is 155 cm³/mol. The summed E-state index contributed by atoms with van der Waals surface area (Å²) >= 11 is 13.4. The Hall–Kier alpha value is -2.71. The van der Waals surface area contributed by atoms with Crippen molar-refractivity contribution >= 4 is 40.9 Å². The normalized spacial score (nSPS) is 20.5. The van der Waals surface area contributed by atoms with Crippen LogP contribution < -0.4 is 0 Å². The molecule has 2 unspecified atom stereocenters. The maximum Gasteiger partial charge on any atom is 0.336 e. The van der Waals surface area contributed by atoms with E-state index in [0.717, 1.165) is 38.3 Å². The van der Waals surface area contributed by atoms with E-state index in [4.69, 9.17) is 37.7 Å². The van der Waals surface area contributed by atoms with Gasteiger partial charge in [0.1, 0.15) is 5.92 Å². The van der Waals surface area contributed by atoms with Gasteiger partial charge in [-0.3, -0.25) is 9.79 Å². The van der Waals surface area contributed by atoms with Gasteiger partial charge in [-0.2, -0.15) is 0 Å². The van der Waals surface area contributed by atoms with Gasteiger partial charge < -0.3 is 19.3 Å². The molecule has 0 spiro atoms. The molecule has 2 heterocycles. The number of aliphatic imine (C=N–C) groups is 1. The lowest BCUT2D eigenvalue weighted by Crippen LogP contribution is -2.46. The van der Waals surface area contributed by atoms with E-state index in [1.54, 1.807) is 18.2 Å². The van der Waals surface area contributed by atoms with Crippen molar-refractivity contribution < 1.29 is 19.1 Å². The Bertz CT molecular complexity index is 1220. The molecule has 1 saturated heterocycles. The summed E-state index contributed by atoms with van der Waals surface area (Å²) in [6.07, 6.45) is 1.70. The number of allylic oxidation sites excluding steroid dienone is 1. The van der Waals surface area contributed by atoms with Crippen LogP contribution in [-0.4, -0.2) is 81.4 Å². The molecular weight excluding hydrogens is 537 g/mol. The van der Waals surface area contributed by atoms with Crippen molar-refractivity contribution in [2.45, 2.75) is 25.2 Å². The lowest BCUT2D eigenvalue weighted by atomic mass is 9.74. The fraction of sp³-hybridized carbons (Fsp3) is 0.433. The number of benzene rings is 2. The Morgan fingerprint density at radius 2 is 1.56 bits per heavy atom. The Morgan fingerprint density at radius 1 is 0.897 bits per heavy atom. The van der Waals surface area contributed by atoms with Crippen LogP contribution in [0.15, 0.2) is 64.8 Å². The van der Waals surface area contributed by atoms with E-state index in [-0.39, 0.29) is 0 Å². The molecule has 0 bridgehead atoms. The second-order valence-electron chi connectivity index (χ2n) is 9.95. The highest BCUT2D eigenvalue weighted by Crippen LogP contribution is 2.46. The van der Waals surface area contributed by atoms with Gasteiger partial charge in [-0.05, 0) is 49.6 Å². The number of nitrogens with zero attached hydrogens (tertiary/aromatic N) is 3. The van der Waals surface area contributed by atoms with Crippen molar-refractivity contribution in [2.24, 2.45) is 10.9 Å². The minimum Gasteiger partial charge on any atom is -0.468 e. The molecule has 2 atom stereocenters. The molecule has 208 valence electrons. The molecule has 7 nitrogen and oxygen atoms in total. The molecule has 2 aromatic carbocycles. The van der Waals surface area contributed by atoms with E-state index in [1.165, 1.54) is 14.2 Å². The molecule has 4 rings (SSSR count). The van der Waals surface area contributed by atoms with Crippen LogP contribution in [-0.2, 0) is 25.5 Å². The predicted octanol–water partition coefficient (Wildman–Crippen LogP) is 5.02. The zero-order valence-electron chi connectivity index (χ0n) is 22.7. The van der Waals surface area contributed by atoms with Gasteiger partial charge in [0.05, 0.1) is 25.5 Å². The topological polar surface area (TPSA) is 71.4 Å². The van der Waals surface area contributed by atoms with Gasteiger partial charge in [-0.1, -0.05) is 59.6 Å². The average molecular weight is 573 g/mol. The molecule has 2 aliphatic heterocycles. The molecule has 0 aromatic heterocycles. The largest absolute Gasteiger partial charge is 0.468 e. The number of hydrogen-bond donors (Lipinski definition) is 0. The van der Waals surface area contributed by atoms with Crippen LogP contribution in [0.5, 0.6) is 0 Å². The van der Waals surface area contributed by atoms with Crippen molar-refractivity contribution in [2.75, 3.05) is 54.0 Å². The monoisotopic (exact) mass is 571 g/mol. The summed E-state index contributed by atoms with van der Waals surface area (Å²) in [5.41, 5.74) is 3.16. The summed E-state index contributed by atoms with van der Waals surface area (Å²) < 4.78 is 10.5. The Labute approximate surface area is 240 Å². The fourth-order valence-corrected chi connectivity index (χ4v) is 6.00. The summed E-state index contributed by atoms with van der Waals surface area (Å²) in [7, 11) is 4.79. The van der Waals surface area contributed by atoms with Crippen LogP contribution in [0.4, 0.5) is 0 Å². The molecule has 2 aromatic rings. The molecule has 1 fully saturated rings. The van der Waals surface area contributed by atoms with Crippen molar-refractivity contribution in [1.82, 2.24) is 9.80 Å². The molecule has 0 radical (unpaired) electrons. The van der Waals surface area contributed by atoms with Gasteiger partial charge in [0.25, 0.3) is 0 Å². The van der Waals surface area contributed by atoms with Crippen molar-refractivity contribution in [3.8, 4) is 0 Å². The van der Waals surface area contributed by atoms with E-state index in [9.17, 15) is 9.59 Å². The number of rotatable bonds is 9. The van der Waals surface area contributed by atoms with Crippen LogP contribution in [0, 0.1) is 5.92 Å². The first-order chi connectivity index (χ1) is 18.8. The molecule has 0 amide bonds. The third kappa shape index (κ3) is 6.90. The lowest BCUT2D eigenvalue weighted by Gasteiger charge is -2.36. The number of halogens is 2. The Kier molecular flexibility index (Phi) is 10.2. The van der Waals surface area contributed by atoms with Crippen LogP contribution >= 0.6 is 23.2 Å². The van der Waals surface area contributed by atoms with E-state index >= 15 is 0 Å². The first-order valence-corrected chi connectivity index (χ1v) is 13.9. The summed E-state index contributed by atoms with van der Waals surface area (Å²) in [6.45, 7) is 4.59. The van der Waals surface area contributed by atoms with Gasteiger partial charge in [0.15, 0.2) is 0 Å². The molecule has 39 heavy (non-hydrogen) atoms. The fourth-order valence-electron chi connectivity index (χ4n) is 5.37. The summed E-state index contributed by atoms with van der Waals surface area (Å²) in [4.78, 5) is 36.5. The highest BCUT2D eigenvalue weighted by molar-refractivity contribution is 6.36. The Morgan fingerprint density at radius 3 is 2.18 bits per heavy atom. The van der Waals surface area contributed by atoms with Crippen LogP contribution in [0.2, 0.25) is 10.0 Å². The van der Waals surface area contributed by atoms with Crippen molar-refractivity contribution in [1.29, 1.82) is 0 Å². The molecule has 0 aliphatic carbocycles. The number of methoxy groups -OCH3 is 2. The number of carbonyl (C=O) groups is 2. The average Bonchev–Trinajstić information content (AvgIpc) is 2.95. The van der Waals surface area contributed by atoms with Crippen LogP contribution in [0.1, 0.15) is 29.9 Å². The molecule has 0 saturated carbocycles. The smallest absolute Gasteiger partial charge is 0.336 e. The van der Waals surface area contributed by atoms with Gasteiger partial charge in [-0.25, -0.2) is 4.79 Å². The van der Waals surface area contributed by atoms with Crippen LogP contribution in [0.25, 0.3) is 0 Å². The summed E-state index contributed by atoms with van der Waals surface area (Å²) in [5.74, 6) is -2.71. The number of hydrogen-bond acceptors (Lipinski definition) is 7. The second-order valence-corrected chi connectivity index (χ2v) is 10.8. The standard InChI is InChI=1S/C30H35Cl2N3O4/c1-34-16-18-35(19-17-34)15-14-24-27(30(37)39-3)28(25-21(31)10-7-11-22(25)32)26(29(36)38-2)23(33-24)13-12-20-8-5-4-6-9-20/h4-11,27-28H,12-19H2,1-3H3. The highest BCUT2D eigenvalue weighted by atomic mass is 35.5. The maximum absolute atomic E-state index is 13.4. The van der Waals surface area contributed by atoms with E-state index in [1.807, 2.05) is 30.3 Å². The third-order valence-corrected chi connectivity index (χ3v) is 8.20. The number of carbonyl (C=O) groups excluding carboxylic acids is 2. The molecular formula is C30H35Cl2N3O4. The number of esters is 2. The second kappa shape index (κ2) is 13.6. The first kappa shape index (κ1) is 29.3. The number of likely N-dealkylation sites (N-methyl/N-ethyl adjacent to an activating group) is 1.